The van der Waals surface area contributed by atoms with Crippen molar-refractivity contribution < 1.29 is 13.9 Å². The van der Waals surface area contributed by atoms with Gasteiger partial charge in [-0.25, -0.2) is 14.2 Å². The molecule has 0 saturated carbocycles. The molecule has 0 fully saturated rings. The second kappa shape index (κ2) is 4.59. The molecular formula is C8H11FN2O2. The first-order chi connectivity index (χ1) is 6.27. The Bertz CT molecular complexity index is 285. The normalized spacial score (nSPS) is 10.0. The maximum atomic E-state index is 11.9. The van der Waals surface area contributed by atoms with Crippen molar-refractivity contribution in [2.45, 2.75) is 13.5 Å². The Kier molecular flexibility index (Phi) is 3.42. The number of halogens is 1. The molecule has 0 saturated heterocycles. The Morgan fingerprint density at radius 2 is 2.54 bits per heavy atom. The molecule has 13 heavy (non-hydrogen) atoms. The highest BCUT2D eigenvalue weighted by Crippen LogP contribution is 1.98. The van der Waals surface area contributed by atoms with E-state index in [9.17, 15) is 9.18 Å². The Morgan fingerprint density at radius 1 is 1.77 bits per heavy atom. The number of ether oxygens (including phenoxy) is 1. The fourth-order valence-electron chi connectivity index (χ4n) is 0.890. The number of carbonyl (C=O) groups is 1. The number of esters is 1. The van der Waals surface area contributed by atoms with Crippen molar-refractivity contribution in [3.8, 4) is 0 Å². The van der Waals surface area contributed by atoms with Gasteiger partial charge in [0.25, 0.3) is 0 Å². The Balaban J connectivity index is 2.62. The van der Waals surface area contributed by atoms with Crippen LogP contribution in [-0.2, 0) is 11.3 Å². The molecule has 72 valence electrons. The monoisotopic (exact) mass is 186 g/mol. The smallest absolute Gasteiger partial charge is 0.358 e. The van der Waals surface area contributed by atoms with E-state index in [2.05, 4.69) is 4.98 Å². The molecule has 1 rings (SSSR count). The first kappa shape index (κ1) is 9.70. The molecule has 0 spiro atoms. The van der Waals surface area contributed by atoms with Gasteiger partial charge >= 0.3 is 5.97 Å². The molecule has 0 aliphatic rings. The summed E-state index contributed by atoms with van der Waals surface area (Å²) in [5.41, 5.74) is 0.218. The Hall–Kier alpha value is -1.39. The van der Waals surface area contributed by atoms with Gasteiger partial charge in [0.1, 0.15) is 6.67 Å². The molecule has 0 atom stereocenters. The average Bonchev–Trinajstić information content (AvgIpc) is 2.54. The third-order valence-corrected chi connectivity index (χ3v) is 1.46. The SMILES string of the molecule is CCOC(=O)c1cn(CCF)cn1. The lowest BCUT2D eigenvalue weighted by molar-refractivity contribution is 0.0520. The topological polar surface area (TPSA) is 44.1 Å². The minimum Gasteiger partial charge on any atom is -0.461 e. The quantitative estimate of drug-likeness (QED) is 0.659. The Labute approximate surface area is 75.3 Å². The number of rotatable bonds is 4. The largest absolute Gasteiger partial charge is 0.461 e. The van der Waals surface area contributed by atoms with Crippen LogP contribution in [0.1, 0.15) is 17.4 Å². The molecule has 0 aliphatic heterocycles. The number of aromatic nitrogens is 2. The van der Waals surface area contributed by atoms with Gasteiger partial charge in [-0.2, -0.15) is 0 Å². The van der Waals surface area contributed by atoms with Crippen LogP contribution in [0, 0.1) is 0 Å². The van der Waals surface area contributed by atoms with Crippen LogP contribution in [0.4, 0.5) is 4.39 Å². The third kappa shape index (κ3) is 2.54. The van der Waals surface area contributed by atoms with E-state index in [0.29, 0.717) is 6.61 Å². The summed E-state index contributed by atoms with van der Waals surface area (Å²) < 4.78 is 18.1. The van der Waals surface area contributed by atoms with Crippen LogP contribution >= 0.6 is 0 Å². The number of aryl methyl sites for hydroxylation is 1. The fraction of sp³-hybridized carbons (Fsp3) is 0.500. The van der Waals surface area contributed by atoms with E-state index >= 15 is 0 Å². The summed E-state index contributed by atoms with van der Waals surface area (Å²) in [7, 11) is 0. The molecule has 1 aromatic heterocycles. The van der Waals surface area contributed by atoms with Gasteiger partial charge in [0, 0.05) is 6.20 Å². The van der Waals surface area contributed by atoms with Gasteiger partial charge < -0.3 is 9.30 Å². The molecule has 0 N–H and O–H groups in total. The summed E-state index contributed by atoms with van der Waals surface area (Å²) >= 11 is 0. The van der Waals surface area contributed by atoms with Crippen molar-refractivity contribution >= 4 is 5.97 Å². The van der Waals surface area contributed by atoms with Crippen LogP contribution in [0.25, 0.3) is 0 Å². The molecule has 1 heterocycles. The van der Waals surface area contributed by atoms with Gasteiger partial charge in [-0.1, -0.05) is 0 Å². The second-order valence-corrected chi connectivity index (χ2v) is 2.41. The molecule has 4 nitrogen and oxygen atoms in total. The van der Waals surface area contributed by atoms with Crippen LogP contribution in [0.2, 0.25) is 0 Å². The zero-order chi connectivity index (χ0) is 9.68. The molecule has 0 aliphatic carbocycles. The van der Waals surface area contributed by atoms with Gasteiger partial charge in [-0.3, -0.25) is 0 Å². The molecule has 0 amide bonds. The predicted octanol–water partition coefficient (Wildman–Crippen LogP) is 1.03. The minimum absolute atomic E-state index is 0.215. The molecule has 0 unspecified atom stereocenters. The van der Waals surface area contributed by atoms with Crippen molar-refractivity contribution in [1.29, 1.82) is 0 Å². The summed E-state index contributed by atoms with van der Waals surface area (Å²) in [6, 6.07) is 0. The van der Waals surface area contributed by atoms with Crippen LogP contribution in [0.5, 0.6) is 0 Å². The highest BCUT2D eigenvalue weighted by molar-refractivity contribution is 5.86. The molecule has 5 heteroatoms. The number of nitrogens with zero attached hydrogens (tertiary/aromatic N) is 2. The maximum Gasteiger partial charge on any atom is 0.358 e. The number of carbonyl (C=O) groups excluding carboxylic acids is 1. The van der Waals surface area contributed by atoms with Gasteiger partial charge in [0.2, 0.25) is 0 Å². The summed E-state index contributed by atoms with van der Waals surface area (Å²) in [5, 5.41) is 0. The van der Waals surface area contributed by atoms with Crippen LogP contribution < -0.4 is 0 Å². The van der Waals surface area contributed by atoms with Crippen LogP contribution in [-0.4, -0.2) is 28.8 Å². The van der Waals surface area contributed by atoms with Gasteiger partial charge in [-0.05, 0) is 6.92 Å². The number of imidazole rings is 1. The van der Waals surface area contributed by atoms with E-state index in [1.807, 2.05) is 0 Å². The van der Waals surface area contributed by atoms with E-state index < -0.39 is 12.6 Å². The predicted molar refractivity (Wildman–Crippen MR) is 44.2 cm³/mol. The average molecular weight is 186 g/mol. The zero-order valence-corrected chi connectivity index (χ0v) is 7.36. The molecule has 0 aromatic carbocycles. The molecule has 0 bridgehead atoms. The molecule has 1 aromatic rings. The van der Waals surface area contributed by atoms with Crippen molar-refractivity contribution in [1.82, 2.24) is 9.55 Å². The maximum absolute atomic E-state index is 11.9. The number of hydrogen-bond acceptors (Lipinski definition) is 3. The van der Waals surface area contributed by atoms with E-state index in [4.69, 9.17) is 4.74 Å². The fourth-order valence-corrected chi connectivity index (χ4v) is 0.890. The van der Waals surface area contributed by atoms with Gasteiger partial charge in [0.15, 0.2) is 5.69 Å². The van der Waals surface area contributed by atoms with Crippen molar-refractivity contribution in [2.24, 2.45) is 0 Å². The Morgan fingerprint density at radius 3 is 3.15 bits per heavy atom. The second-order valence-electron chi connectivity index (χ2n) is 2.41. The van der Waals surface area contributed by atoms with Crippen molar-refractivity contribution in [3.05, 3.63) is 18.2 Å². The number of hydrogen-bond donors (Lipinski definition) is 0. The summed E-state index contributed by atoms with van der Waals surface area (Å²) in [4.78, 5) is 14.8. The lowest BCUT2D eigenvalue weighted by Crippen LogP contribution is -2.04. The molecule has 0 radical (unpaired) electrons. The van der Waals surface area contributed by atoms with E-state index in [0.717, 1.165) is 0 Å². The zero-order valence-electron chi connectivity index (χ0n) is 7.36. The summed E-state index contributed by atoms with van der Waals surface area (Å²) in [6.45, 7) is 1.77. The van der Waals surface area contributed by atoms with E-state index in [-0.39, 0.29) is 12.2 Å². The lowest BCUT2D eigenvalue weighted by Gasteiger charge is -1.96. The minimum atomic E-state index is -0.474. The van der Waals surface area contributed by atoms with Gasteiger partial charge in [0.05, 0.1) is 19.5 Å². The van der Waals surface area contributed by atoms with Crippen molar-refractivity contribution in [3.63, 3.8) is 0 Å². The van der Waals surface area contributed by atoms with E-state index in [1.165, 1.54) is 17.1 Å². The first-order valence-electron chi connectivity index (χ1n) is 4.02. The van der Waals surface area contributed by atoms with Crippen LogP contribution in [0.3, 0.4) is 0 Å². The standard InChI is InChI=1S/C8H11FN2O2/c1-2-13-8(12)7-5-11(4-3-9)6-10-7/h5-6H,2-4H2,1H3. The molecular weight excluding hydrogens is 175 g/mol. The third-order valence-electron chi connectivity index (χ3n) is 1.46. The highest BCUT2D eigenvalue weighted by Gasteiger charge is 2.09. The van der Waals surface area contributed by atoms with E-state index in [1.54, 1.807) is 6.92 Å². The van der Waals surface area contributed by atoms with Crippen molar-refractivity contribution in [2.75, 3.05) is 13.3 Å². The summed E-state index contributed by atoms with van der Waals surface area (Å²) in [6.07, 6.45) is 2.88. The number of alkyl halides is 1. The van der Waals surface area contributed by atoms with Crippen LogP contribution in [0.15, 0.2) is 12.5 Å². The summed E-state index contributed by atoms with van der Waals surface area (Å²) in [5.74, 6) is -0.472. The lowest BCUT2D eigenvalue weighted by atomic mass is 10.5. The first-order valence-corrected chi connectivity index (χ1v) is 4.02. The van der Waals surface area contributed by atoms with Gasteiger partial charge in [-0.15, -0.1) is 0 Å². The highest BCUT2D eigenvalue weighted by atomic mass is 19.1.